The predicted molar refractivity (Wildman–Crippen MR) is 113 cm³/mol. The van der Waals surface area contributed by atoms with Gasteiger partial charge in [0.05, 0.1) is 7.11 Å². The number of amides is 2. The van der Waals surface area contributed by atoms with Gasteiger partial charge >= 0.3 is 0 Å². The molecular weight excluding hydrogens is 368 g/mol. The second kappa shape index (κ2) is 11.9. The number of hydrogen-bond donors (Lipinski definition) is 1. The molecule has 0 radical (unpaired) electrons. The molecule has 0 aliphatic rings. The number of carbonyl (C=O) groups is 2. The highest BCUT2D eigenvalue weighted by molar-refractivity contribution is 5.87. The van der Waals surface area contributed by atoms with Crippen molar-refractivity contribution in [2.24, 2.45) is 0 Å². The Bertz CT molecular complexity index is 762. The molecule has 6 heteroatoms. The maximum Gasteiger partial charge on any atom is 0.243 e. The topological polar surface area (TPSA) is 67.9 Å². The largest absolute Gasteiger partial charge is 0.497 e. The molecule has 0 fully saturated rings. The lowest BCUT2D eigenvalue weighted by molar-refractivity contribution is -0.139. The van der Waals surface area contributed by atoms with E-state index >= 15 is 0 Å². The van der Waals surface area contributed by atoms with Crippen molar-refractivity contribution in [1.82, 2.24) is 10.2 Å². The van der Waals surface area contributed by atoms with Crippen LogP contribution in [0.2, 0.25) is 0 Å². The lowest BCUT2D eigenvalue weighted by atomic mass is 10.0. The smallest absolute Gasteiger partial charge is 0.243 e. The molecule has 2 amide bonds. The first kappa shape index (κ1) is 22.4. The van der Waals surface area contributed by atoms with E-state index in [4.69, 9.17) is 9.47 Å². The summed E-state index contributed by atoms with van der Waals surface area (Å²) in [5.41, 5.74) is 1.94. The Balaban J connectivity index is 2.20. The van der Waals surface area contributed by atoms with Crippen molar-refractivity contribution in [3.8, 4) is 5.75 Å². The molecule has 0 unspecified atom stereocenters. The van der Waals surface area contributed by atoms with Crippen molar-refractivity contribution in [2.75, 3.05) is 27.4 Å². The number of carbonyl (C=O) groups excluding carboxylic acids is 2. The molecule has 29 heavy (non-hydrogen) atoms. The lowest BCUT2D eigenvalue weighted by Gasteiger charge is -2.30. The summed E-state index contributed by atoms with van der Waals surface area (Å²) >= 11 is 0. The molecule has 0 saturated carbocycles. The molecule has 1 N–H and O–H groups in total. The van der Waals surface area contributed by atoms with Crippen LogP contribution in [-0.2, 0) is 27.3 Å². The van der Waals surface area contributed by atoms with Gasteiger partial charge in [0.2, 0.25) is 11.8 Å². The van der Waals surface area contributed by atoms with E-state index in [1.807, 2.05) is 54.6 Å². The van der Waals surface area contributed by atoms with Crippen LogP contribution in [0.5, 0.6) is 5.75 Å². The van der Waals surface area contributed by atoms with Gasteiger partial charge in [0.1, 0.15) is 11.8 Å². The van der Waals surface area contributed by atoms with Gasteiger partial charge in [-0.05, 0) is 29.7 Å². The molecule has 0 aromatic heterocycles. The van der Waals surface area contributed by atoms with E-state index in [1.165, 1.54) is 6.92 Å². The van der Waals surface area contributed by atoms with Gasteiger partial charge in [0.15, 0.2) is 0 Å². The average molecular weight is 399 g/mol. The minimum atomic E-state index is -0.598. The number of ether oxygens (including phenoxy) is 2. The van der Waals surface area contributed by atoms with E-state index in [2.05, 4.69) is 5.32 Å². The molecule has 0 aliphatic heterocycles. The van der Waals surface area contributed by atoms with E-state index < -0.39 is 6.04 Å². The molecule has 2 aromatic carbocycles. The van der Waals surface area contributed by atoms with Crippen LogP contribution < -0.4 is 10.1 Å². The third-order valence-electron chi connectivity index (χ3n) is 4.69. The molecule has 0 bridgehead atoms. The molecule has 0 spiro atoms. The van der Waals surface area contributed by atoms with Crippen LogP contribution in [0.3, 0.4) is 0 Å². The minimum Gasteiger partial charge on any atom is -0.497 e. The van der Waals surface area contributed by atoms with Gasteiger partial charge in [-0.2, -0.15) is 0 Å². The quantitative estimate of drug-likeness (QED) is 0.591. The standard InChI is InChI=1S/C23H30N2O4/c1-18(26)25(17-20-10-12-21(29-3)13-11-20)22(16-19-8-5-4-6-9-19)23(27)24-14-7-15-28-2/h4-6,8-13,22H,7,14-17H2,1-3H3,(H,24,27)/t22-/m1/s1. The summed E-state index contributed by atoms with van der Waals surface area (Å²) < 4.78 is 10.2. The van der Waals surface area contributed by atoms with Crippen molar-refractivity contribution < 1.29 is 19.1 Å². The summed E-state index contributed by atoms with van der Waals surface area (Å²) in [5, 5.41) is 2.94. The fourth-order valence-corrected chi connectivity index (χ4v) is 3.10. The van der Waals surface area contributed by atoms with Crippen LogP contribution >= 0.6 is 0 Å². The average Bonchev–Trinajstić information content (AvgIpc) is 2.74. The van der Waals surface area contributed by atoms with Crippen LogP contribution in [0.4, 0.5) is 0 Å². The van der Waals surface area contributed by atoms with Gasteiger partial charge in [-0.3, -0.25) is 9.59 Å². The van der Waals surface area contributed by atoms with Crippen LogP contribution in [0.15, 0.2) is 54.6 Å². The fraction of sp³-hybridized carbons (Fsp3) is 0.391. The van der Waals surface area contributed by atoms with Gasteiger partial charge in [0.25, 0.3) is 0 Å². The Labute approximate surface area is 172 Å². The highest BCUT2D eigenvalue weighted by Crippen LogP contribution is 2.17. The van der Waals surface area contributed by atoms with E-state index in [0.29, 0.717) is 26.1 Å². The third kappa shape index (κ3) is 7.23. The van der Waals surface area contributed by atoms with E-state index in [-0.39, 0.29) is 11.8 Å². The predicted octanol–water partition coefficient (Wildman–Crippen LogP) is 2.81. The number of benzene rings is 2. The second-order valence-electron chi connectivity index (χ2n) is 6.84. The first-order valence-electron chi connectivity index (χ1n) is 9.76. The summed E-state index contributed by atoms with van der Waals surface area (Å²) in [5.74, 6) is 0.447. The molecule has 2 rings (SSSR count). The SMILES string of the molecule is COCCCNC(=O)[C@@H](Cc1ccccc1)N(Cc1ccc(OC)cc1)C(C)=O. The molecule has 0 saturated heterocycles. The summed E-state index contributed by atoms with van der Waals surface area (Å²) in [4.78, 5) is 27.1. The van der Waals surface area contributed by atoms with Crippen molar-refractivity contribution in [3.63, 3.8) is 0 Å². The number of nitrogens with one attached hydrogen (secondary N) is 1. The summed E-state index contributed by atoms with van der Waals surface area (Å²) in [6.45, 7) is 2.93. The number of rotatable bonds is 11. The van der Waals surface area contributed by atoms with E-state index in [0.717, 1.165) is 23.3 Å². The maximum atomic E-state index is 13.0. The van der Waals surface area contributed by atoms with E-state index in [1.54, 1.807) is 19.1 Å². The molecular formula is C23H30N2O4. The van der Waals surface area contributed by atoms with Gasteiger partial charge < -0.3 is 19.7 Å². The first-order valence-corrected chi connectivity index (χ1v) is 9.76. The Morgan fingerprint density at radius 3 is 2.28 bits per heavy atom. The fourth-order valence-electron chi connectivity index (χ4n) is 3.10. The Morgan fingerprint density at radius 2 is 1.69 bits per heavy atom. The van der Waals surface area contributed by atoms with Gasteiger partial charge in [-0.25, -0.2) is 0 Å². The molecule has 1 atom stereocenters. The molecule has 2 aromatic rings. The van der Waals surface area contributed by atoms with Crippen LogP contribution in [0.25, 0.3) is 0 Å². The monoisotopic (exact) mass is 398 g/mol. The zero-order valence-electron chi connectivity index (χ0n) is 17.4. The van der Waals surface area contributed by atoms with Crippen LogP contribution in [0.1, 0.15) is 24.5 Å². The highest BCUT2D eigenvalue weighted by atomic mass is 16.5. The van der Waals surface area contributed by atoms with Gasteiger partial charge in [-0.15, -0.1) is 0 Å². The van der Waals surface area contributed by atoms with Crippen LogP contribution in [-0.4, -0.2) is 50.1 Å². The van der Waals surface area contributed by atoms with Crippen LogP contribution in [0, 0.1) is 0 Å². The van der Waals surface area contributed by atoms with Gasteiger partial charge in [-0.1, -0.05) is 42.5 Å². The molecule has 0 heterocycles. The van der Waals surface area contributed by atoms with Crippen molar-refractivity contribution >= 4 is 11.8 Å². The lowest BCUT2D eigenvalue weighted by Crippen LogP contribution is -2.50. The molecule has 156 valence electrons. The summed E-state index contributed by atoms with van der Waals surface area (Å²) in [6.07, 6.45) is 1.17. The molecule has 6 nitrogen and oxygen atoms in total. The maximum absolute atomic E-state index is 13.0. The second-order valence-corrected chi connectivity index (χ2v) is 6.84. The Hall–Kier alpha value is -2.86. The normalized spacial score (nSPS) is 11.6. The first-order chi connectivity index (χ1) is 14.0. The summed E-state index contributed by atoms with van der Waals surface area (Å²) in [6, 6.07) is 16.7. The minimum absolute atomic E-state index is 0.145. The Morgan fingerprint density at radius 1 is 1.00 bits per heavy atom. The number of methoxy groups -OCH3 is 2. The molecule has 0 aliphatic carbocycles. The number of hydrogen-bond acceptors (Lipinski definition) is 4. The van der Waals surface area contributed by atoms with Crippen molar-refractivity contribution in [2.45, 2.75) is 32.4 Å². The summed E-state index contributed by atoms with van der Waals surface area (Å²) in [7, 11) is 3.24. The van der Waals surface area contributed by atoms with Crippen molar-refractivity contribution in [3.05, 3.63) is 65.7 Å². The van der Waals surface area contributed by atoms with Crippen molar-refractivity contribution in [1.29, 1.82) is 0 Å². The van der Waals surface area contributed by atoms with Gasteiger partial charge in [0, 0.05) is 40.2 Å². The number of nitrogens with zero attached hydrogens (tertiary/aromatic N) is 1. The zero-order chi connectivity index (χ0) is 21.1. The van der Waals surface area contributed by atoms with E-state index in [9.17, 15) is 9.59 Å². The third-order valence-corrected chi connectivity index (χ3v) is 4.69. The highest BCUT2D eigenvalue weighted by Gasteiger charge is 2.28. The Kier molecular flexibility index (Phi) is 9.18. The zero-order valence-corrected chi connectivity index (χ0v) is 17.4.